The van der Waals surface area contributed by atoms with Crippen molar-refractivity contribution in [2.75, 3.05) is 5.75 Å². The Bertz CT molecular complexity index is 817. The summed E-state index contributed by atoms with van der Waals surface area (Å²) >= 11 is 5.81. The van der Waals surface area contributed by atoms with E-state index in [2.05, 4.69) is 12.1 Å². The van der Waals surface area contributed by atoms with Gasteiger partial charge in [0, 0.05) is 11.4 Å². The second-order valence-electron chi connectivity index (χ2n) is 6.74. The molecule has 0 amide bonds. The van der Waals surface area contributed by atoms with Crippen LogP contribution in [0.5, 0.6) is 0 Å². The highest BCUT2D eigenvalue weighted by Crippen LogP contribution is 2.23. The third-order valence-electron chi connectivity index (χ3n) is 4.65. The van der Waals surface area contributed by atoms with Crippen LogP contribution in [-0.2, 0) is 21.1 Å². The first kappa shape index (κ1) is 21.5. The molecule has 2 aromatic rings. The van der Waals surface area contributed by atoms with Crippen LogP contribution in [-0.4, -0.2) is 25.2 Å². The minimum absolute atomic E-state index is 0.0591. The zero-order chi connectivity index (χ0) is 19.7. The Morgan fingerprint density at radius 1 is 0.963 bits per heavy atom. The fourth-order valence-corrected chi connectivity index (χ4v) is 4.56. The summed E-state index contributed by atoms with van der Waals surface area (Å²) in [6.45, 7) is 0. The molecule has 6 heteroatoms. The number of benzene rings is 2. The van der Waals surface area contributed by atoms with Crippen LogP contribution in [0.4, 0.5) is 0 Å². The normalized spacial score (nSPS) is 12.6. The maximum Gasteiger partial charge on any atom is 0.303 e. The molecule has 1 atom stereocenters. The predicted octanol–water partition coefficient (Wildman–Crippen LogP) is 5.01. The number of hydrogen-bond acceptors (Lipinski definition) is 3. The number of sulfone groups is 1. The number of aryl methyl sites for hydroxylation is 1. The van der Waals surface area contributed by atoms with E-state index in [1.54, 1.807) is 12.1 Å². The number of halogens is 1. The van der Waals surface area contributed by atoms with Crippen LogP contribution in [0.1, 0.15) is 37.7 Å². The highest BCUT2D eigenvalue weighted by atomic mass is 35.5. The fourth-order valence-electron chi connectivity index (χ4n) is 3.10. The van der Waals surface area contributed by atoms with Crippen molar-refractivity contribution >= 4 is 27.4 Å². The molecule has 146 valence electrons. The van der Waals surface area contributed by atoms with Gasteiger partial charge in [-0.05, 0) is 67.9 Å². The topological polar surface area (TPSA) is 71.4 Å². The van der Waals surface area contributed by atoms with Crippen molar-refractivity contribution in [2.24, 2.45) is 5.92 Å². The van der Waals surface area contributed by atoms with Crippen molar-refractivity contribution in [1.82, 2.24) is 0 Å². The van der Waals surface area contributed by atoms with Gasteiger partial charge in [0.2, 0.25) is 0 Å². The minimum atomic E-state index is -3.35. The van der Waals surface area contributed by atoms with Crippen molar-refractivity contribution in [2.45, 2.75) is 43.4 Å². The Kier molecular flexibility index (Phi) is 8.32. The maximum absolute atomic E-state index is 12.4. The number of carboxylic acids is 1. The summed E-state index contributed by atoms with van der Waals surface area (Å²) in [4.78, 5) is 11.2. The van der Waals surface area contributed by atoms with E-state index in [9.17, 15) is 13.2 Å². The zero-order valence-corrected chi connectivity index (χ0v) is 16.8. The molecule has 4 nitrogen and oxygen atoms in total. The van der Waals surface area contributed by atoms with Crippen LogP contribution in [0.15, 0.2) is 59.5 Å². The highest BCUT2D eigenvalue weighted by molar-refractivity contribution is 7.91. The summed E-state index contributed by atoms with van der Waals surface area (Å²) in [7, 11) is -3.35. The molecule has 1 unspecified atom stereocenters. The first-order valence-corrected chi connectivity index (χ1v) is 11.1. The molecule has 0 aliphatic carbocycles. The van der Waals surface area contributed by atoms with Gasteiger partial charge in [-0.25, -0.2) is 8.42 Å². The Hall–Kier alpha value is -1.85. The summed E-state index contributed by atoms with van der Waals surface area (Å²) in [5.41, 5.74) is 1.21. The molecule has 0 saturated heterocycles. The third kappa shape index (κ3) is 7.73. The molecule has 0 aromatic heterocycles. The van der Waals surface area contributed by atoms with E-state index in [-0.39, 0.29) is 23.0 Å². The molecule has 0 saturated carbocycles. The van der Waals surface area contributed by atoms with Gasteiger partial charge in [-0.15, -0.1) is 0 Å². The molecule has 0 heterocycles. The van der Waals surface area contributed by atoms with Crippen molar-refractivity contribution in [3.8, 4) is 0 Å². The molecule has 0 fully saturated rings. The van der Waals surface area contributed by atoms with Gasteiger partial charge in [-0.3, -0.25) is 4.79 Å². The number of carboxylic acid groups (broad SMARTS) is 1. The number of rotatable bonds is 11. The SMILES string of the molecule is O=C(O)CCC(CCCS(=O)(=O)c1ccc(Cl)cc1)CCc1ccccc1. The monoisotopic (exact) mass is 408 g/mol. The molecular weight excluding hydrogens is 384 g/mol. The molecule has 0 aliphatic heterocycles. The van der Waals surface area contributed by atoms with Crippen molar-refractivity contribution in [3.63, 3.8) is 0 Å². The van der Waals surface area contributed by atoms with Gasteiger partial charge in [0.15, 0.2) is 9.84 Å². The molecule has 0 radical (unpaired) electrons. The molecule has 0 bridgehead atoms. The van der Waals surface area contributed by atoms with Crippen molar-refractivity contribution in [3.05, 3.63) is 65.2 Å². The number of aliphatic carboxylic acids is 1. The van der Waals surface area contributed by atoms with Crippen LogP contribution < -0.4 is 0 Å². The predicted molar refractivity (Wildman–Crippen MR) is 108 cm³/mol. The molecule has 0 aliphatic rings. The highest BCUT2D eigenvalue weighted by Gasteiger charge is 2.17. The molecule has 2 aromatic carbocycles. The van der Waals surface area contributed by atoms with E-state index >= 15 is 0 Å². The summed E-state index contributed by atoms with van der Waals surface area (Å²) in [5.74, 6) is -0.556. The summed E-state index contributed by atoms with van der Waals surface area (Å²) in [6, 6.07) is 16.2. The minimum Gasteiger partial charge on any atom is -0.481 e. The van der Waals surface area contributed by atoms with Crippen molar-refractivity contribution in [1.29, 1.82) is 0 Å². The average molecular weight is 409 g/mol. The first-order valence-electron chi connectivity index (χ1n) is 9.11. The zero-order valence-electron chi connectivity index (χ0n) is 15.2. The molecule has 1 N–H and O–H groups in total. The van der Waals surface area contributed by atoms with Gasteiger partial charge < -0.3 is 5.11 Å². The Balaban J connectivity index is 1.89. The van der Waals surface area contributed by atoms with Gasteiger partial charge in [-0.2, -0.15) is 0 Å². The maximum atomic E-state index is 12.4. The van der Waals surface area contributed by atoms with E-state index in [1.807, 2.05) is 18.2 Å². The largest absolute Gasteiger partial charge is 0.481 e. The molecule has 27 heavy (non-hydrogen) atoms. The standard InChI is InChI=1S/C21H25ClO4S/c22-19-11-13-20(14-12-19)27(25,26)16-4-7-18(10-15-21(23)24)9-8-17-5-2-1-3-6-17/h1-3,5-6,11-14,18H,4,7-10,15-16H2,(H,23,24). The number of hydrogen-bond donors (Lipinski definition) is 1. The Labute approximate surface area is 166 Å². The quantitative estimate of drug-likeness (QED) is 0.567. The number of carbonyl (C=O) groups is 1. The second kappa shape index (κ2) is 10.5. The van der Waals surface area contributed by atoms with E-state index in [0.29, 0.717) is 24.3 Å². The fraction of sp³-hybridized carbons (Fsp3) is 0.381. The van der Waals surface area contributed by atoms with E-state index in [4.69, 9.17) is 16.7 Å². The van der Waals surface area contributed by atoms with Crippen LogP contribution in [0, 0.1) is 5.92 Å². The van der Waals surface area contributed by atoms with Crippen molar-refractivity contribution < 1.29 is 18.3 Å². The lowest BCUT2D eigenvalue weighted by Gasteiger charge is -2.16. The van der Waals surface area contributed by atoms with Gasteiger partial charge in [-0.1, -0.05) is 41.9 Å². The second-order valence-corrected chi connectivity index (χ2v) is 9.28. The van der Waals surface area contributed by atoms with Crippen LogP contribution >= 0.6 is 11.6 Å². The van der Waals surface area contributed by atoms with Crippen LogP contribution in [0.3, 0.4) is 0 Å². The summed E-state index contributed by atoms with van der Waals surface area (Å²) in [6.07, 6.45) is 3.64. The average Bonchev–Trinajstić information content (AvgIpc) is 2.64. The molecular formula is C21H25ClO4S. The third-order valence-corrected chi connectivity index (χ3v) is 6.72. The lowest BCUT2D eigenvalue weighted by molar-refractivity contribution is -0.137. The van der Waals surface area contributed by atoms with Gasteiger partial charge >= 0.3 is 5.97 Å². The van der Waals surface area contributed by atoms with Crippen LogP contribution in [0.25, 0.3) is 0 Å². The van der Waals surface area contributed by atoms with Gasteiger partial charge in [0.25, 0.3) is 0 Å². The molecule has 2 rings (SSSR count). The van der Waals surface area contributed by atoms with Gasteiger partial charge in [0.1, 0.15) is 0 Å². The Morgan fingerprint density at radius 3 is 2.26 bits per heavy atom. The van der Waals surface area contributed by atoms with E-state index < -0.39 is 15.8 Å². The van der Waals surface area contributed by atoms with Gasteiger partial charge in [0.05, 0.1) is 10.6 Å². The van der Waals surface area contributed by atoms with E-state index in [1.165, 1.54) is 17.7 Å². The van der Waals surface area contributed by atoms with E-state index in [0.717, 1.165) is 12.8 Å². The Morgan fingerprint density at radius 2 is 1.63 bits per heavy atom. The lowest BCUT2D eigenvalue weighted by Crippen LogP contribution is -2.11. The first-order chi connectivity index (χ1) is 12.9. The van der Waals surface area contributed by atoms with Crippen LogP contribution in [0.2, 0.25) is 5.02 Å². The smallest absolute Gasteiger partial charge is 0.303 e. The lowest BCUT2D eigenvalue weighted by atomic mass is 9.91. The summed E-state index contributed by atoms with van der Waals surface area (Å²) in [5, 5.41) is 9.47. The molecule has 0 spiro atoms. The summed E-state index contributed by atoms with van der Waals surface area (Å²) < 4.78 is 24.9.